The molecule has 8 nitrogen and oxygen atoms in total. The summed E-state index contributed by atoms with van der Waals surface area (Å²) in [5.41, 5.74) is -14.8. The summed E-state index contributed by atoms with van der Waals surface area (Å²) in [4.78, 5) is 0. The molecule has 4 aliphatic carbocycles. The molecule has 150 heavy (non-hydrogen) atoms. The average Bonchev–Trinajstić information content (AvgIpc) is 1.46. The van der Waals surface area contributed by atoms with Gasteiger partial charge >= 0.3 is 0 Å². The number of hydrogen-bond acceptors (Lipinski definition) is 4. The van der Waals surface area contributed by atoms with Gasteiger partial charge < -0.3 is 17.7 Å². The highest BCUT2D eigenvalue weighted by molar-refractivity contribution is 6.19. The van der Waals surface area contributed by atoms with Gasteiger partial charge in [-0.15, -0.1) is 0 Å². The second-order valence-electron chi connectivity index (χ2n) is 37.9. The van der Waals surface area contributed by atoms with Gasteiger partial charge in [0.2, 0.25) is 22.8 Å². The Kier molecular flexibility index (Phi) is 11.5. The lowest BCUT2D eigenvalue weighted by Gasteiger charge is -2.40. The summed E-state index contributed by atoms with van der Waals surface area (Å²) < 4.78 is 743. The summed E-state index contributed by atoms with van der Waals surface area (Å²) in [6.45, 7) is -77.9. The topological polar surface area (TPSA) is 68.1 Å². The van der Waals surface area contributed by atoms with E-state index in [-0.39, 0.29) is 148 Å². The van der Waals surface area contributed by atoms with E-state index >= 15 is 0 Å². The van der Waals surface area contributed by atoms with Crippen molar-refractivity contribution in [2.24, 2.45) is 51.8 Å². The van der Waals surface area contributed by atoms with Crippen molar-refractivity contribution in [3.63, 3.8) is 0 Å². The molecule has 8 aromatic heterocycles. The van der Waals surface area contributed by atoms with Crippen LogP contribution in [-0.2, 0) is 49.9 Å². The first-order valence-electron chi connectivity index (χ1n) is 88.8. The minimum Gasteiger partial charge on any atom is -0.455 e. The first-order valence-corrected chi connectivity index (χ1v) is 46.8. The molecule has 0 amide bonds. The number of benzene rings is 12. The molecule has 0 bridgehead atoms. The second-order valence-corrected chi connectivity index (χ2v) is 37.9. The zero-order valence-corrected chi connectivity index (χ0v) is 80.9. The van der Waals surface area contributed by atoms with Crippen LogP contribution in [-0.4, -0.2) is 0 Å². The molecule has 0 fully saturated rings. The van der Waals surface area contributed by atoms with Gasteiger partial charge in [-0.2, -0.15) is 0 Å². The fraction of sp³-hybridized carbons (Fsp3) is 0.352. The maximum atomic E-state index is 9.78. The summed E-state index contributed by atoms with van der Waals surface area (Å²) in [5.74, 6) is -30.6. The molecule has 24 rings (SSSR count). The Morgan fingerprint density at radius 1 is 0.280 bits per heavy atom. The van der Waals surface area contributed by atoms with Gasteiger partial charge in [0.15, 0.2) is 24.8 Å². The predicted octanol–water partition coefficient (Wildman–Crippen LogP) is 37.9. The molecule has 20 aromatic rings. The predicted molar refractivity (Wildman–Crippen MR) is 634 cm³/mol. The van der Waals surface area contributed by atoms with E-state index in [1.165, 1.54) is 113 Å². The van der Waals surface area contributed by atoms with Gasteiger partial charge in [0.05, 0.1) is 22.3 Å². The van der Waals surface area contributed by atoms with Gasteiger partial charge in [0.25, 0.3) is 0 Å². The molecule has 0 saturated heterocycles. The molecule has 0 saturated carbocycles. The van der Waals surface area contributed by atoms with E-state index in [0.29, 0.717) is 88.3 Å². The van der Waals surface area contributed by atoms with E-state index in [1.807, 2.05) is 6.07 Å². The van der Waals surface area contributed by atoms with Crippen molar-refractivity contribution >= 4 is 87.8 Å². The van der Waals surface area contributed by atoms with E-state index in [9.17, 15) is 11.0 Å². The maximum absolute atomic E-state index is 9.78. The molecule has 8 heterocycles. The third-order valence-electron chi connectivity index (χ3n) is 29.5. The van der Waals surface area contributed by atoms with Crippen molar-refractivity contribution in [2.75, 3.05) is 0 Å². The molecular weight excluding hydrogens is 1830 g/mol. The van der Waals surface area contributed by atoms with Crippen LogP contribution in [0.25, 0.3) is 177 Å². The number of aromatic nitrogens is 4. The molecule has 4 aliphatic rings. The fourth-order valence-corrected chi connectivity index (χ4v) is 22.7. The van der Waals surface area contributed by atoms with Gasteiger partial charge in [-0.25, -0.2) is 18.3 Å². The number of nitrogens with zero attached hydrogens (tertiary/aromatic N) is 4. The lowest BCUT2D eigenvalue weighted by atomic mass is 9.63. The molecule has 0 unspecified atom stereocenters. The van der Waals surface area contributed by atoms with Crippen LogP contribution in [0.4, 0.5) is 0 Å². The Balaban J connectivity index is 0.000000182. The number of fused-ring (bicyclic) bond motifs is 28. The lowest BCUT2D eigenvalue weighted by Crippen LogP contribution is -2.37. The zero-order chi connectivity index (χ0) is 176. The molecule has 0 N–H and O–H groups in total. The summed E-state index contributed by atoms with van der Waals surface area (Å²) in [6.07, 6.45) is -5.55. The Hall–Kier alpha value is -13.6. The highest BCUT2D eigenvalue weighted by Gasteiger charge is 2.51. The van der Waals surface area contributed by atoms with E-state index in [2.05, 4.69) is 0 Å². The van der Waals surface area contributed by atoms with Gasteiger partial charge in [0.1, 0.15) is 72.9 Å². The van der Waals surface area contributed by atoms with Crippen LogP contribution < -0.4 is 18.3 Å². The Morgan fingerprint density at radius 2 is 0.573 bits per heavy atom. The van der Waals surface area contributed by atoms with Crippen LogP contribution >= 0.6 is 0 Å². The highest BCUT2D eigenvalue weighted by atomic mass is 16.3. The molecule has 8 heteroatoms. The van der Waals surface area contributed by atoms with Crippen LogP contribution in [0.15, 0.2) is 261 Å². The number of pyridine rings is 4. The molecule has 0 aliphatic heterocycles. The molecule has 0 atom stereocenters. The highest BCUT2D eigenvalue weighted by Crippen LogP contribution is 2.63. The maximum Gasteiger partial charge on any atom is 0.216 e. The van der Waals surface area contributed by atoms with E-state index in [1.54, 1.807) is 125 Å². The van der Waals surface area contributed by atoms with Crippen molar-refractivity contribution in [3.8, 4) is 89.5 Å². The van der Waals surface area contributed by atoms with Gasteiger partial charge in [-0.1, -0.05) is 340 Å². The van der Waals surface area contributed by atoms with E-state index < -0.39 is 326 Å². The smallest absolute Gasteiger partial charge is 0.216 e. The molecule has 0 spiro atoms. The van der Waals surface area contributed by atoms with Crippen LogP contribution in [0.1, 0.15) is 427 Å². The third kappa shape index (κ3) is 16.0. The summed E-state index contributed by atoms with van der Waals surface area (Å²) in [5, 5.41) is 2.77. The summed E-state index contributed by atoms with van der Waals surface area (Å²) >= 11 is 0. The van der Waals surface area contributed by atoms with Crippen LogP contribution in [0.3, 0.4) is 0 Å². The molecule has 768 valence electrons. The first-order chi connectivity index (χ1) is 104. The number of aryl methyl sites for hydroxylation is 12. The Labute approximate surface area is 1010 Å². The van der Waals surface area contributed by atoms with Gasteiger partial charge in [-0.3, -0.25) is 0 Å². The monoisotopic (exact) mass is 2070 g/mol. The molecule has 0 radical (unpaired) electrons. The quantitative estimate of drug-likeness (QED) is 0.0904. The standard InChI is InChI=1S/C38H44NO.C36H40NO.C34H36NO.C32H32NO.2CH4/c1-22(2)19-38(20-23(3)4)31-13-11-10-12-29(31)35-32(38)17-16-28-27-15-14-25(7)34(36(27)40-37(28)35)33-18-30(24(5)6)26(8)21-39(33)9;1-20(2)28-18-31(37(9)19-24(28)8)32-23(7)14-15-25-26-16-17-30-33(35(26)38-34(25)32)27-12-10-11-13-29(27)36(30,21(3)4)22(5)6;1-8-34(9-2)27-13-11-10-12-25(27)31-28(34)17-16-24-23-15-14-21(5)30(32(23)36-33(24)31)29-18-26(20(3)4)22(6)19-35(29)7;1-18(2)25-16-27(33(7)17-20(25)4)28-19(3)12-13-23-24-15-14-22-21-10-8-9-11-26(21)32(5,6)29(22)31(24)34-30(23)28;;/h10-18,21-24H,19-20H2,1-9H3;10-22H,1-9H3;10-20H,8-9H2,1-7H3;8-18H,1-7H3;2*1H4/q4*+1;;/i1D3,2D3,3D3,4D3,5D3,6D3,8D3,19D2,20D2,22D,23D,24D;1D3,2D3,3D3,4D3,5D3,6D3,8D3,20D,21D,22D;1D3,2D3,3D3,4D3,6D3,20D;1D3,2D3,4D3,5D3,6D3,18D;;. The summed E-state index contributed by atoms with van der Waals surface area (Å²) in [6, 6.07) is 52.0. The number of rotatable bonds is 16. The summed E-state index contributed by atoms with van der Waals surface area (Å²) in [7, 11) is 5.75. The normalized spacial score (nSPS) is 25.1. The van der Waals surface area contributed by atoms with Gasteiger partial charge in [-0.05, 0) is 245 Å². The van der Waals surface area contributed by atoms with Crippen molar-refractivity contribution < 1.29 is 151 Å². The first kappa shape index (κ1) is 44.0. The Bertz CT molecular complexity index is 12400. The van der Waals surface area contributed by atoms with Crippen LogP contribution in [0.5, 0.6) is 0 Å². The van der Waals surface area contributed by atoms with Gasteiger partial charge in [0, 0.05) is 249 Å². The Morgan fingerprint density at radius 3 is 0.920 bits per heavy atom. The number of furan rings is 4. The molecular formula is C142H160N4O4+4. The van der Waals surface area contributed by atoms with Crippen molar-refractivity contribution in [1.82, 2.24) is 0 Å². The minimum atomic E-state index is -4.42. The van der Waals surface area contributed by atoms with Crippen molar-refractivity contribution in [1.29, 1.82) is 0 Å². The largest absolute Gasteiger partial charge is 0.455 e. The molecule has 12 aromatic carbocycles. The van der Waals surface area contributed by atoms with Crippen LogP contribution in [0, 0.1) is 78.7 Å². The van der Waals surface area contributed by atoms with E-state index in [4.69, 9.17) is 122 Å². The van der Waals surface area contributed by atoms with E-state index in [0.717, 1.165) is 73.3 Å². The van der Waals surface area contributed by atoms with Crippen LogP contribution in [0.2, 0.25) is 0 Å². The fourth-order valence-electron chi connectivity index (χ4n) is 22.7. The number of hydrogen-bond donors (Lipinski definition) is 0. The van der Waals surface area contributed by atoms with Crippen molar-refractivity contribution in [2.45, 2.75) is 278 Å². The average molecular weight is 2070 g/mol. The SMILES string of the molecule is C.C.[2H]C([2H])([2H])CC1(CC([2H])([2H])[2H])c2ccccc2-c2c1ccc1c2oc2c(-c3cc(C([2H])(C([2H])([2H])[2H])C([2H])([2H])[2H])c(C([2H])([2H])[2H])c[n+]3C)c(C)ccc21.[2H]C([2H])([2H])c1c[n+](C)c(-c2c(C)ccc3c2oc2c4c(ccc23)-c2ccccc2C4(C([2H])([2H])[2H])C([2H])([2H])[2H])cc1C([2H])(C([2H])([2H])[2H])C([2H])([2H])[2H].[2H]C([2H])([2H])c1c[n+](C)c(-c2c(C)ccc3c2oc2c4c(ccc23)C(C([2H])(C([2H])([2H])[2H])C([2H])([2H])[2H])(C([2H])(C([2H])([2H])[2H])C([2H])([2H])[2H])c2ccccc2-4)cc1C([2H])(C([2H])([2H])[2H])C([2H])([2H])[2H].[2H]C([2H])([2H])c1c[n+](C)c(-c2c(C)ccc3c2oc2c4c(ccc23)C(C([2H])([2H])C([2H])(C([2H])([2H])[2H])C([2H])([2H])[2H])(C([2H])([2H])C([2H])(C([2H])([2H])[2H])C([2H])([2H])[2H])c2ccccc2-4)cc1C([2H])(C([2H])([2H])[2H])C([2H])([2H])[2H]. The third-order valence-corrected chi connectivity index (χ3v) is 29.5. The second kappa shape index (κ2) is 39.0. The van der Waals surface area contributed by atoms with Crippen molar-refractivity contribution in [3.05, 3.63) is 354 Å². The minimum absolute atomic E-state index is 0. The lowest BCUT2D eigenvalue weighted by molar-refractivity contribution is -0.660. The zero-order valence-electron chi connectivity index (χ0n) is 165.